The fraction of sp³-hybridized carbons (Fsp3) is 0.500. The van der Waals surface area contributed by atoms with Gasteiger partial charge in [-0.3, -0.25) is 14.3 Å². The van der Waals surface area contributed by atoms with Crippen LogP contribution >= 0.6 is 0 Å². The third-order valence-electron chi connectivity index (χ3n) is 3.41. The highest BCUT2D eigenvalue weighted by molar-refractivity contribution is 5.87. The number of aromatic nitrogens is 2. The van der Waals surface area contributed by atoms with Crippen LogP contribution in [0.2, 0.25) is 0 Å². The van der Waals surface area contributed by atoms with Crippen LogP contribution in [0.1, 0.15) is 12.0 Å². The highest BCUT2D eigenvalue weighted by atomic mass is 16.2. The summed E-state index contributed by atoms with van der Waals surface area (Å²) in [6.45, 7) is 5.37. The molecule has 0 bridgehead atoms. The van der Waals surface area contributed by atoms with Crippen molar-refractivity contribution in [3.8, 4) is 0 Å². The van der Waals surface area contributed by atoms with E-state index >= 15 is 0 Å². The SMILES string of the molecule is C=CC(=O)N1CC(CC(=O)NCCc2cnn(C)c2)C1. The molecule has 2 heterocycles. The zero-order valence-corrected chi connectivity index (χ0v) is 11.7. The number of hydrogen-bond acceptors (Lipinski definition) is 3. The molecule has 1 saturated heterocycles. The van der Waals surface area contributed by atoms with Gasteiger partial charge in [0, 0.05) is 45.2 Å². The van der Waals surface area contributed by atoms with Gasteiger partial charge in [-0.1, -0.05) is 6.58 Å². The predicted molar refractivity (Wildman–Crippen MR) is 74.8 cm³/mol. The van der Waals surface area contributed by atoms with Crippen molar-refractivity contribution in [1.82, 2.24) is 20.0 Å². The number of likely N-dealkylation sites (tertiary alicyclic amines) is 1. The van der Waals surface area contributed by atoms with Crippen molar-refractivity contribution in [1.29, 1.82) is 0 Å². The Kier molecular flexibility index (Phi) is 4.55. The van der Waals surface area contributed by atoms with Crippen LogP contribution in [0.25, 0.3) is 0 Å². The van der Waals surface area contributed by atoms with E-state index in [0.29, 0.717) is 26.1 Å². The zero-order valence-electron chi connectivity index (χ0n) is 11.7. The fourth-order valence-corrected chi connectivity index (χ4v) is 2.29. The van der Waals surface area contributed by atoms with Crippen molar-refractivity contribution >= 4 is 11.8 Å². The molecular weight excluding hydrogens is 256 g/mol. The van der Waals surface area contributed by atoms with Gasteiger partial charge in [-0.15, -0.1) is 0 Å². The average molecular weight is 276 g/mol. The lowest BCUT2D eigenvalue weighted by atomic mass is 9.96. The van der Waals surface area contributed by atoms with Gasteiger partial charge in [0.25, 0.3) is 0 Å². The quantitative estimate of drug-likeness (QED) is 0.750. The number of aryl methyl sites for hydroxylation is 1. The van der Waals surface area contributed by atoms with Crippen molar-refractivity contribution in [2.75, 3.05) is 19.6 Å². The van der Waals surface area contributed by atoms with Crippen LogP contribution in [-0.2, 0) is 23.1 Å². The Morgan fingerprint density at radius 2 is 2.30 bits per heavy atom. The van der Waals surface area contributed by atoms with E-state index in [1.807, 2.05) is 13.2 Å². The summed E-state index contributed by atoms with van der Waals surface area (Å²) in [4.78, 5) is 24.7. The number of nitrogens with zero attached hydrogens (tertiary/aromatic N) is 3. The predicted octanol–water partition coefficient (Wildman–Crippen LogP) is 0.113. The molecule has 0 unspecified atom stereocenters. The van der Waals surface area contributed by atoms with Gasteiger partial charge in [-0.05, 0) is 18.1 Å². The van der Waals surface area contributed by atoms with Gasteiger partial charge < -0.3 is 10.2 Å². The van der Waals surface area contributed by atoms with E-state index in [1.54, 1.807) is 15.8 Å². The molecule has 1 N–H and O–H groups in total. The number of amides is 2. The number of rotatable bonds is 6. The smallest absolute Gasteiger partial charge is 0.245 e. The molecule has 0 spiro atoms. The third-order valence-corrected chi connectivity index (χ3v) is 3.41. The van der Waals surface area contributed by atoms with E-state index in [2.05, 4.69) is 17.0 Å². The Morgan fingerprint density at radius 1 is 1.55 bits per heavy atom. The Morgan fingerprint density at radius 3 is 2.90 bits per heavy atom. The first kappa shape index (κ1) is 14.3. The minimum Gasteiger partial charge on any atom is -0.356 e. The molecule has 6 nitrogen and oxygen atoms in total. The molecule has 1 aromatic heterocycles. The van der Waals surface area contributed by atoms with Crippen molar-refractivity contribution < 1.29 is 9.59 Å². The minimum atomic E-state index is -0.0572. The molecule has 0 aliphatic carbocycles. The van der Waals surface area contributed by atoms with Gasteiger partial charge in [0.2, 0.25) is 11.8 Å². The van der Waals surface area contributed by atoms with Crippen molar-refractivity contribution in [2.45, 2.75) is 12.8 Å². The molecule has 1 fully saturated rings. The van der Waals surface area contributed by atoms with Crippen LogP contribution in [0.5, 0.6) is 0 Å². The number of nitrogens with one attached hydrogen (secondary N) is 1. The topological polar surface area (TPSA) is 67.2 Å². The van der Waals surface area contributed by atoms with Crippen molar-refractivity contribution in [2.24, 2.45) is 13.0 Å². The molecule has 6 heteroatoms. The van der Waals surface area contributed by atoms with Gasteiger partial charge in [0.15, 0.2) is 0 Å². The summed E-state index contributed by atoms with van der Waals surface area (Å²) in [7, 11) is 1.87. The highest BCUT2D eigenvalue weighted by Gasteiger charge is 2.30. The molecular formula is C14H20N4O2. The molecule has 1 aromatic rings. The summed E-state index contributed by atoms with van der Waals surface area (Å²) in [6.07, 6.45) is 6.32. The first-order valence-electron chi connectivity index (χ1n) is 6.74. The number of carbonyl (C=O) groups is 2. The second-order valence-electron chi connectivity index (χ2n) is 5.14. The number of hydrogen-bond donors (Lipinski definition) is 1. The monoisotopic (exact) mass is 276 g/mol. The molecule has 1 aliphatic rings. The normalized spacial score (nSPS) is 14.8. The lowest BCUT2D eigenvalue weighted by molar-refractivity contribution is -0.134. The first-order valence-corrected chi connectivity index (χ1v) is 6.74. The average Bonchev–Trinajstić information content (AvgIpc) is 2.78. The zero-order chi connectivity index (χ0) is 14.5. The molecule has 0 saturated carbocycles. The summed E-state index contributed by atoms with van der Waals surface area (Å²) in [5, 5.41) is 6.97. The van der Waals surface area contributed by atoms with E-state index in [4.69, 9.17) is 0 Å². The second-order valence-corrected chi connectivity index (χ2v) is 5.14. The first-order chi connectivity index (χ1) is 9.58. The van der Waals surface area contributed by atoms with E-state index in [-0.39, 0.29) is 17.7 Å². The summed E-state index contributed by atoms with van der Waals surface area (Å²) in [6, 6.07) is 0. The standard InChI is InChI=1S/C14H20N4O2/c1-3-14(20)18-9-12(10-18)6-13(19)15-5-4-11-7-16-17(2)8-11/h3,7-8,12H,1,4-6,9-10H2,2H3,(H,15,19). The van der Waals surface area contributed by atoms with Crippen LogP contribution in [0.3, 0.4) is 0 Å². The minimum absolute atomic E-state index is 0.0459. The third kappa shape index (κ3) is 3.69. The van der Waals surface area contributed by atoms with Crippen molar-refractivity contribution in [3.63, 3.8) is 0 Å². The van der Waals surface area contributed by atoms with Crippen LogP contribution < -0.4 is 5.32 Å². The Balaban J connectivity index is 1.60. The van der Waals surface area contributed by atoms with Crippen LogP contribution in [0.15, 0.2) is 25.0 Å². The molecule has 1 aliphatic heterocycles. The second kappa shape index (κ2) is 6.36. The number of carbonyl (C=O) groups excluding carboxylic acids is 2. The van der Waals surface area contributed by atoms with Gasteiger partial charge in [0.1, 0.15) is 0 Å². The maximum Gasteiger partial charge on any atom is 0.245 e. The Hall–Kier alpha value is -2.11. The van der Waals surface area contributed by atoms with Crippen LogP contribution in [0.4, 0.5) is 0 Å². The highest BCUT2D eigenvalue weighted by Crippen LogP contribution is 2.18. The summed E-state index contributed by atoms with van der Waals surface area (Å²) >= 11 is 0. The maximum absolute atomic E-state index is 11.7. The molecule has 0 atom stereocenters. The van der Waals surface area contributed by atoms with Crippen LogP contribution in [-0.4, -0.2) is 46.1 Å². The molecule has 0 radical (unpaired) electrons. The fourth-order valence-electron chi connectivity index (χ4n) is 2.29. The van der Waals surface area contributed by atoms with Gasteiger partial charge >= 0.3 is 0 Å². The van der Waals surface area contributed by atoms with Gasteiger partial charge in [0.05, 0.1) is 6.20 Å². The molecule has 2 amide bonds. The van der Waals surface area contributed by atoms with Crippen molar-refractivity contribution in [3.05, 3.63) is 30.6 Å². The van der Waals surface area contributed by atoms with E-state index in [0.717, 1.165) is 12.0 Å². The Labute approximate surface area is 118 Å². The summed E-state index contributed by atoms with van der Waals surface area (Å²) in [5.74, 6) is 0.264. The van der Waals surface area contributed by atoms with E-state index < -0.39 is 0 Å². The lowest BCUT2D eigenvalue weighted by Crippen LogP contribution is -2.50. The summed E-state index contributed by atoms with van der Waals surface area (Å²) < 4.78 is 1.75. The van der Waals surface area contributed by atoms with Gasteiger partial charge in [-0.2, -0.15) is 5.10 Å². The van der Waals surface area contributed by atoms with E-state index in [1.165, 1.54) is 6.08 Å². The van der Waals surface area contributed by atoms with E-state index in [9.17, 15) is 9.59 Å². The lowest BCUT2D eigenvalue weighted by Gasteiger charge is -2.38. The van der Waals surface area contributed by atoms with Crippen LogP contribution in [0, 0.1) is 5.92 Å². The summed E-state index contributed by atoms with van der Waals surface area (Å²) in [5.41, 5.74) is 1.11. The molecule has 108 valence electrons. The largest absolute Gasteiger partial charge is 0.356 e. The maximum atomic E-state index is 11.7. The van der Waals surface area contributed by atoms with Gasteiger partial charge in [-0.25, -0.2) is 0 Å². The molecule has 2 rings (SSSR count). The molecule has 0 aromatic carbocycles. The Bertz CT molecular complexity index is 503. The molecule has 20 heavy (non-hydrogen) atoms.